The molecule has 1 amide bonds. The average molecular weight is 527 g/mol. The second kappa shape index (κ2) is 13.1. The molecule has 0 aromatic heterocycles. The van der Waals surface area contributed by atoms with Crippen molar-refractivity contribution in [2.75, 3.05) is 38.5 Å². The van der Waals surface area contributed by atoms with Gasteiger partial charge in [-0.05, 0) is 51.4 Å². The molecule has 1 unspecified atom stereocenters. The van der Waals surface area contributed by atoms with Crippen molar-refractivity contribution >= 4 is 41.5 Å². The minimum absolute atomic E-state index is 0. The fourth-order valence-corrected chi connectivity index (χ4v) is 4.45. The van der Waals surface area contributed by atoms with Crippen LogP contribution in [0, 0.1) is 0 Å². The third kappa shape index (κ3) is 7.41. The molecule has 3 rings (SSSR count). The van der Waals surface area contributed by atoms with Crippen LogP contribution < -0.4 is 16.0 Å². The molecule has 1 aliphatic heterocycles. The molecule has 1 aromatic carbocycles. The van der Waals surface area contributed by atoms with Crippen molar-refractivity contribution in [3.05, 3.63) is 29.8 Å². The second-order valence-corrected chi connectivity index (χ2v) is 8.31. The van der Waals surface area contributed by atoms with Gasteiger partial charge in [-0.15, -0.1) is 24.0 Å². The van der Waals surface area contributed by atoms with Gasteiger partial charge in [0.2, 0.25) is 5.91 Å². The van der Waals surface area contributed by atoms with Gasteiger partial charge in [-0.2, -0.15) is 0 Å². The number of halogens is 1. The highest BCUT2D eigenvalue weighted by atomic mass is 127. The molecule has 168 valence electrons. The summed E-state index contributed by atoms with van der Waals surface area (Å²) in [6.45, 7) is 5.55. The Bertz CT molecular complexity index is 690. The Labute approximate surface area is 198 Å². The van der Waals surface area contributed by atoms with E-state index in [1.165, 1.54) is 37.7 Å². The maximum Gasteiger partial charge on any atom is 0.225 e. The van der Waals surface area contributed by atoms with Crippen molar-refractivity contribution in [3.8, 4) is 0 Å². The third-order valence-corrected chi connectivity index (χ3v) is 6.10. The number of anilines is 1. The highest BCUT2D eigenvalue weighted by molar-refractivity contribution is 14.0. The van der Waals surface area contributed by atoms with E-state index in [2.05, 4.69) is 40.9 Å². The Kier molecular flexibility index (Phi) is 10.9. The SMILES string of the molecule is CCNC(=NCC1CC(=O)Nc2ccccc21)NCCCN(C)C1CCCCC1.I. The van der Waals surface area contributed by atoms with Crippen molar-refractivity contribution in [2.45, 2.75) is 63.8 Å². The number of guanidine groups is 1. The van der Waals surface area contributed by atoms with Crippen LogP contribution in [0.2, 0.25) is 0 Å². The van der Waals surface area contributed by atoms with Gasteiger partial charge in [0.1, 0.15) is 0 Å². The van der Waals surface area contributed by atoms with Crippen LogP contribution in [0.1, 0.15) is 63.4 Å². The van der Waals surface area contributed by atoms with Gasteiger partial charge in [0.05, 0.1) is 6.54 Å². The Morgan fingerprint density at radius 2 is 1.97 bits per heavy atom. The lowest BCUT2D eigenvalue weighted by Gasteiger charge is -2.31. The van der Waals surface area contributed by atoms with Gasteiger partial charge in [0, 0.05) is 37.2 Å². The molecule has 30 heavy (non-hydrogen) atoms. The molecule has 1 aromatic rings. The summed E-state index contributed by atoms with van der Waals surface area (Å²) in [5.74, 6) is 1.05. The number of hydrogen-bond acceptors (Lipinski definition) is 3. The Morgan fingerprint density at radius 1 is 1.20 bits per heavy atom. The zero-order valence-corrected chi connectivity index (χ0v) is 20.8. The number of nitrogens with one attached hydrogen (secondary N) is 3. The van der Waals surface area contributed by atoms with Crippen LogP contribution in [0.3, 0.4) is 0 Å². The first-order valence-electron chi connectivity index (χ1n) is 11.3. The lowest BCUT2D eigenvalue weighted by atomic mass is 9.91. The van der Waals surface area contributed by atoms with Gasteiger partial charge >= 0.3 is 0 Å². The fourth-order valence-electron chi connectivity index (χ4n) is 4.45. The van der Waals surface area contributed by atoms with Gasteiger partial charge in [0.15, 0.2) is 5.96 Å². The van der Waals surface area contributed by atoms with E-state index < -0.39 is 0 Å². The van der Waals surface area contributed by atoms with Crippen LogP contribution in [0.15, 0.2) is 29.3 Å². The molecule has 2 aliphatic rings. The highest BCUT2D eigenvalue weighted by Gasteiger charge is 2.24. The summed E-state index contributed by atoms with van der Waals surface area (Å²) in [5, 5.41) is 9.76. The van der Waals surface area contributed by atoms with E-state index in [-0.39, 0.29) is 35.8 Å². The summed E-state index contributed by atoms with van der Waals surface area (Å²) in [6, 6.07) is 8.81. The Balaban J connectivity index is 0.00000320. The largest absolute Gasteiger partial charge is 0.357 e. The Hall–Kier alpha value is -1.35. The minimum atomic E-state index is 0. The monoisotopic (exact) mass is 527 g/mol. The van der Waals surface area contributed by atoms with Crippen LogP contribution >= 0.6 is 24.0 Å². The number of para-hydroxylation sites is 1. The van der Waals surface area contributed by atoms with Crippen molar-refractivity contribution in [2.24, 2.45) is 4.99 Å². The zero-order valence-electron chi connectivity index (χ0n) is 18.5. The normalized spacial score (nSPS) is 19.6. The summed E-state index contributed by atoms with van der Waals surface area (Å²) < 4.78 is 0. The van der Waals surface area contributed by atoms with E-state index in [1.807, 2.05) is 18.2 Å². The smallest absolute Gasteiger partial charge is 0.225 e. The minimum Gasteiger partial charge on any atom is -0.357 e. The molecule has 1 fully saturated rings. The van der Waals surface area contributed by atoms with E-state index in [0.717, 1.165) is 43.7 Å². The predicted octanol–water partition coefficient (Wildman–Crippen LogP) is 3.94. The molecule has 3 N–H and O–H groups in total. The van der Waals surface area contributed by atoms with Gasteiger partial charge in [0.25, 0.3) is 0 Å². The molecule has 1 heterocycles. The first kappa shape index (κ1) is 24.9. The standard InChI is InChI=1S/C23H37N5O.HI/c1-3-24-23(25-14-9-15-28(2)19-10-5-4-6-11-19)26-17-18-16-22(29)27-21-13-8-7-12-20(18)21;/h7-8,12-13,18-19H,3-6,9-11,14-17H2,1-2H3,(H,27,29)(H2,24,25,26);1H. The molecular formula is C23H38IN5O. The second-order valence-electron chi connectivity index (χ2n) is 8.31. The summed E-state index contributed by atoms with van der Waals surface area (Å²) in [6.07, 6.45) is 8.47. The van der Waals surface area contributed by atoms with E-state index in [1.54, 1.807) is 0 Å². The summed E-state index contributed by atoms with van der Waals surface area (Å²) >= 11 is 0. The van der Waals surface area contributed by atoms with Crippen LogP contribution in [0.5, 0.6) is 0 Å². The highest BCUT2D eigenvalue weighted by Crippen LogP contribution is 2.32. The molecule has 1 atom stereocenters. The lowest BCUT2D eigenvalue weighted by Crippen LogP contribution is -2.40. The summed E-state index contributed by atoms with van der Waals surface area (Å²) in [7, 11) is 2.26. The van der Waals surface area contributed by atoms with Gasteiger partial charge in [-0.3, -0.25) is 9.79 Å². The van der Waals surface area contributed by atoms with Crippen molar-refractivity contribution < 1.29 is 4.79 Å². The molecule has 0 radical (unpaired) electrons. The lowest BCUT2D eigenvalue weighted by molar-refractivity contribution is -0.116. The Morgan fingerprint density at radius 3 is 2.73 bits per heavy atom. The van der Waals surface area contributed by atoms with E-state index in [9.17, 15) is 4.79 Å². The zero-order chi connectivity index (χ0) is 20.5. The molecule has 7 heteroatoms. The molecular weight excluding hydrogens is 489 g/mol. The number of carbonyl (C=O) groups excluding carboxylic acids is 1. The van der Waals surface area contributed by atoms with E-state index >= 15 is 0 Å². The maximum atomic E-state index is 12.0. The quantitative estimate of drug-likeness (QED) is 0.207. The average Bonchev–Trinajstić information content (AvgIpc) is 2.75. The van der Waals surface area contributed by atoms with Gasteiger partial charge in [-0.25, -0.2) is 0 Å². The number of nitrogens with zero attached hydrogens (tertiary/aromatic N) is 2. The summed E-state index contributed by atoms with van der Waals surface area (Å²) in [5.41, 5.74) is 2.11. The van der Waals surface area contributed by atoms with Gasteiger partial charge in [-0.1, -0.05) is 37.5 Å². The number of fused-ring (bicyclic) bond motifs is 1. The number of rotatable bonds is 8. The first-order valence-corrected chi connectivity index (χ1v) is 11.3. The van der Waals surface area contributed by atoms with Crippen LogP contribution in [0.4, 0.5) is 5.69 Å². The molecule has 6 nitrogen and oxygen atoms in total. The number of benzene rings is 1. The van der Waals surface area contributed by atoms with Crippen molar-refractivity contribution in [3.63, 3.8) is 0 Å². The summed E-state index contributed by atoms with van der Waals surface area (Å²) in [4.78, 5) is 19.3. The molecule has 0 saturated heterocycles. The van der Waals surface area contributed by atoms with E-state index in [0.29, 0.717) is 13.0 Å². The first-order chi connectivity index (χ1) is 14.2. The van der Waals surface area contributed by atoms with Crippen LogP contribution in [-0.2, 0) is 4.79 Å². The topological polar surface area (TPSA) is 68.8 Å². The molecule has 1 saturated carbocycles. The van der Waals surface area contributed by atoms with Crippen molar-refractivity contribution in [1.82, 2.24) is 15.5 Å². The fraction of sp³-hybridized carbons (Fsp3) is 0.652. The number of carbonyl (C=O) groups is 1. The van der Waals surface area contributed by atoms with E-state index in [4.69, 9.17) is 4.99 Å². The maximum absolute atomic E-state index is 12.0. The number of aliphatic imine (C=N–C) groups is 1. The van der Waals surface area contributed by atoms with Crippen LogP contribution in [0.25, 0.3) is 0 Å². The van der Waals surface area contributed by atoms with Crippen molar-refractivity contribution in [1.29, 1.82) is 0 Å². The predicted molar refractivity (Wildman–Crippen MR) is 136 cm³/mol. The van der Waals surface area contributed by atoms with Crippen LogP contribution in [-0.4, -0.2) is 56.0 Å². The number of hydrogen-bond donors (Lipinski definition) is 3. The van der Waals surface area contributed by atoms with Gasteiger partial charge < -0.3 is 20.9 Å². The number of amides is 1. The molecule has 0 bridgehead atoms. The third-order valence-electron chi connectivity index (χ3n) is 6.10. The molecule has 0 spiro atoms. The molecule has 1 aliphatic carbocycles.